The second kappa shape index (κ2) is 13.5. The highest BCUT2D eigenvalue weighted by molar-refractivity contribution is 5.69. The molecule has 0 unspecified atom stereocenters. The summed E-state index contributed by atoms with van der Waals surface area (Å²) in [6, 6.07) is 45.3. The van der Waals surface area contributed by atoms with Gasteiger partial charge in [-0.3, -0.25) is 4.90 Å². The standard InChI is InChI=1S/C38H35NO5/c1-29-38(44-28-39(29)37(40)43-27-32-15-9-4-10-16-32,33-17-21-35(22-18-33)41-25-30-11-5-2-6-12-30)34-19-23-36(24-20-34)42-26-31-13-7-3-8-14-31/h2-24,29H,25-28H2,1H3/t29-/m0/s1. The molecule has 1 amide bonds. The topological polar surface area (TPSA) is 57.2 Å². The molecule has 0 bridgehead atoms. The molecule has 0 N–H and O–H groups in total. The highest BCUT2D eigenvalue weighted by Gasteiger charge is 2.51. The molecule has 1 aliphatic rings. The lowest BCUT2D eigenvalue weighted by atomic mass is 9.80. The van der Waals surface area contributed by atoms with Crippen LogP contribution in [0.25, 0.3) is 0 Å². The van der Waals surface area contributed by atoms with Crippen molar-refractivity contribution in [2.75, 3.05) is 6.73 Å². The van der Waals surface area contributed by atoms with Gasteiger partial charge in [-0.05, 0) is 59.0 Å². The molecule has 6 rings (SSSR count). The van der Waals surface area contributed by atoms with Crippen LogP contribution in [0.15, 0.2) is 140 Å². The lowest BCUT2D eigenvalue weighted by molar-refractivity contribution is 0.0238. The molecule has 1 fully saturated rings. The van der Waals surface area contributed by atoms with E-state index in [2.05, 4.69) is 0 Å². The summed E-state index contributed by atoms with van der Waals surface area (Å²) in [4.78, 5) is 15.0. The Balaban J connectivity index is 1.23. The number of hydrogen-bond acceptors (Lipinski definition) is 5. The van der Waals surface area contributed by atoms with Crippen molar-refractivity contribution in [2.45, 2.75) is 38.4 Å². The molecule has 0 radical (unpaired) electrons. The Bertz CT molecular complexity index is 1540. The zero-order valence-corrected chi connectivity index (χ0v) is 24.7. The number of carbonyl (C=O) groups excluding carboxylic acids is 1. The van der Waals surface area contributed by atoms with E-state index in [0.717, 1.165) is 39.3 Å². The first-order valence-electron chi connectivity index (χ1n) is 14.8. The van der Waals surface area contributed by atoms with Crippen molar-refractivity contribution in [3.63, 3.8) is 0 Å². The van der Waals surface area contributed by atoms with E-state index >= 15 is 0 Å². The van der Waals surface area contributed by atoms with Crippen LogP contribution in [0.5, 0.6) is 11.5 Å². The van der Waals surface area contributed by atoms with Gasteiger partial charge in [0.2, 0.25) is 0 Å². The molecule has 6 heteroatoms. The van der Waals surface area contributed by atoms with E-state index in [9.17, 15) is 4.79 Å². The van der Waals surface area contributed by atoms with Gasteiger partial charge >= 0.3 is 6.09 Å². The van der Waals surface area contributed by atoms with Crippen LogP contribution in [0.1, 0.15) is 34.7 Å². The highest BCUT2D eigenvalue weighted by Crippen LogP contribution is 2.44. The summed E-state index contributed by atoms with van der Waals surface area (Å²) in [7, 11) is 0. The van der Waals surface area contributed by atoms with Gasteiger partial charge in [-0.25, -0.2) is 4.79 Å². The van der Waals surface area contributed by atoms with E-state index in [1.165, 1.54) is 0 Å². The molecule has 0 saturated carbocycles. The maximum absolute atomic E-state index is 13.3. The molecule has 5 aromatic carbocycles. The molecular weight excluding hydrogens is 550 g/mol. The van der Waals surface area contributed by atoms with Gasteiger partial charge in [0, 0.05) is 0 Å². The third-order valence-corrected chi connectivity index (χ3v) is 7.99. The summed E-state index contributed by atoms with van der Waals surface area (Å²) >= 11 is 0. The number of nitrogens with zero attached hydrogens (tertiary/aromatic N) is 1. The number of ether oxygens (including phenoxy) is 4. The lowest BCUT2D eigenvalue weighted by Crippen LogP contribution is -2.44. The van der Waals surface area contributed by atoms with Crippen LogP contribution >= 0.6 is 0 Å². The average molecular weight is 586 g/mol. The minimum absolute atomic E-state index is 0.0906. The Labute approximate surface area is 258 Å². The van der Waals surface area contributed by atoms with Gasteiger partial charge < -0.3 is 18.9 Å². The molecule has 0 spiro atoms. The number of benzene rings is 5. The van der Waals surface area contributed by atoms with Crippen LogP contribution in [0.2, 0.25) is 0 Å². The van der Waals surface area contributed by atoms with Gasteiger partial charge in [-0.1, -0.05) is 115 Å². The van der Waals surface area contributed by atoms with Gasteiger partial charge in [0.25, 0.3) is 0 Å². The van der Waals surface area contributed by atoms with E-state index in [1.54, 1.807) is 4.90 Å². The summed E-state index contributed by atoms with van der Waals surface area (Å²) in [5.41, 5.74) is 4.01. The van der Waals surface area contributed by atoms with Crippen LogP contribution in [0.4, 0.5) is 4.79 Å². The van der Waals surface area contributed by atoms with Crippen molar-refractivity contribution < 1.29 is 23.7 Å². The second-order valence-electron chi connectivity index (χ2n) is 10.8. The van der Waals surface area contributed by atoms with Crippen LogP contribution in [0.3, 0.4) is 0 Å². The molecule has 0 aromatic heterocycles. The van der Waals surface area contributed by atoms with Crippen LogP contribution in [-0.4, -0.2) is 23.8 Å². The van der Waals surface area contributed by atoms with Gasteiger partial charge in [0.15, 0.2) is 0 Å². The Kier molecular flexibility index (Phi) is 8.90. The van der Waals surface area contributed by atoms with Gasteiger partial charge in [0.05, 0.1) is 6.04 Å². The smallest absolute Gasteiger partial charge is 0.412 e. The van der Waals surface area contributed by atoms with E-state index in [1.807, 2.05) is 146 Å². The van der Waals surface area contributed by atoms with E-state index in [0.29, 0.717) is 13.2 Å². The Morgan fingerprint density at radius 3 is 1.48 bits per heavy atom. The summed E-state index contributed by atoms with van der Waals surface area (Å²) < 4.78 is 24.4. The molecule has 0 aliphatic carbocycles. The maximum Gasteiger partial charge on any atom is 0.412 e. The predicted molar refractivity (Wildman–Crippen MR) is 169 cm³/mol. The maximum atomic E-state index is 13.3. The first-order valence-corrected chi connectivity index (χ1v) is 14.8. The molecule has 5 aromatic rings. The fourth-order valence-corrected chi connectivity index (χ4v) is 5.53. The van der Waals surface area contributed by atoms with Gasteiger partial charge in [-0.15, -0.1) is 0 Å². The minimum atomic E-state index is -0.929. The average Bonchev–Trinajstić information content (AvgIpc) is 3.44. The molecule has 6 nitrogen and oxygen atoms in total. The first-order chi connectivity index (χ1) is 21.6. The van der Waals surface area contributed by atoms with E-state index < -0.39 is 11.7 Å². The summed E-state index contributed by atoms with van der Waals surface area (Å²) in [6.07, 6.45) is -0.422. The predicted octanol–water partition coefficient (Wildman–Crippen LogP) is 8.10. The molecule has 1 atom stereocenters. The second-order valence-corrected chi connectivity index (χ2v) is 10.8. The largest absolute Gasteiger partial charge is 0.489 e. The lowest BCUT2D eigenvalue weighted by Gasteiger charge is -2.35. The van der Waals surface area contributed by atoms with Crippen molar-refractivity contribution in [3.05, 3.63) is 167 Å². The Morgan fingerprint density at radius 2 is 1.05 bits per heavy atom. The molecule has 222 valence electrons. The zero-order chi connectivity index (χ0) is 30.2. The zero-order valence-electron chi connectivity index (χ0n) is 24.7. The SMILES string of the molecule is C[C@@H]1N(C(=O)OCc2ccccc2)COC1(c1ccc(OCc2ccccc2)cc1)c1ccc(OCc2ccccc2)cc1. The van der Waals surface area contributed by atoms with Crippen molar-refractivity contribution in [1.82, 2.24) is 4.90 Å². The van der Waals surface area contributed by atoms with Crippen LogP contribution < -0.4 is 9.47 Å². The Hall–Kier alpha value is -5.07. The van der Waals surface area contributed by atoms with Crippen LogP contribution in [0, 0.1) is 0 Å². The normalized spacial score (nSPS) is 15.5. The summed E-state index contributed by atoms with van der Waals surface area (Å²) in [5.74, 6) is 1.50. The molecular formula is C38H35NO5. The van der Waals surface area contributed by atoms with E-state index in [4.69, 9.17) is 18.9 Å². The van der Waals surface area contributed by atoms with Crippen molar-refractivity contribution in [3.8, 4) is 11.5 Å². The van der Waals surface area contributed by atoms with Crippen molar-refractivity contribution in [1.29, 1.82) is 0 Å². The van der Waals surface area contributed by atoms with E-state index in [-0.39, 0.29) is 19.4 Å². The number of carbonyl (C=O) groups is 1. The monoisotopic (exact) mass is 585 g/mol. The molecule has 1 saturated heterocycles. The quantitative estimate of drug-likeness (QED) is 0.166. The third-order valence-electron chi connectivity index (χ3n) is 7.99. The third kappa shape index (κ3) is 6.46. The number of amides is 1. The van der Waals surface area contributed by atoms with Crippen molar-refractivity contribution >= 4 is 6.09 Å². The molecule has 1 heterocycles. The van der Waals surface area contributed by atoms with Crippen LogP contribution in [-0.2, 0) is 34.9 Å². The van der Waals surface area contributed by atoms with Crippen molar-refractivity contribution in [2.24, 2.45) is 0 Å². The fraction of sp³-hybridized carbons (Fsp3) is 0.184. The van der Waals surface area contributed by atoms with Gasteiger partial charge in [0.1, 0.15) is 43.7 Å². The number of hydrogen-bond donors (Lipinski definition) is 0. The van der Waals surface area contributed by atoms with Gasteiger partial charge in [-0.2, -0.15) is 0 Å². The first kappa shape index (κ1) is 29.0. The Morgan fingerprint density at radius 1 is 0.636 bits per heavy atom. The molecule has 1 aliphatic heterocycles. The summed E-state index contributed by atoms with van der Waals surface area (Å²) in [6.45, 7) is 3.23. The minimum Gasteiger partial charge on any atom is -0.489 e. The number of rotatable bonds is 10. The highest BCUT2D eigenvalue weighted by atomic mass is 16.6. The summed E-state index contributed by atoms with van der Waals surface area (Å²) in [5, 5.41) is 0. The molecule has 44 heavy (non-hydrogen) atoms. The fourth-order valence-electron chi connectivity index (χ4n) is 5.53.